The minimum atomic E-state index is -1.16. The molecule has 0 amide bonds. The van der Waals surface area contributed by atoms with Crippen LogP contribution in [0.15, 0.2) is 36.4 Å². The maximum atomic E-state index is 11.4. The Balaban J connectivity index is 2.60. The molecule has 0 saturated carbocycles. The number of hydrogen-bond acceptors (Lipinski definition) is 3. The van der Waals surface area contributed by atoms with Crippen molar-refractivity contribution in [2.24, 2.45) is 5.92 Å². The first kappa shape index (κ1) is 14.0. The standard InChI is InChI=1S/C14H16O4/c1-2-18-14(17)12(13(15)16)10-6-9-11-7-4-3-5-8-11/h3-9,12H,2,10H2,1H3,(H,15,16)/b9-6+. The maximum Gasteiger partial charge on any atom is 0.320 e. The summed E-state index contributed by atoms with van der Waals surface area (Å²) in [7, 11) is 0. The van der Waals surface area contributed by atoms with Gasteiger partial charge in [0.05, 0.1) is 6.61 Å². The van der Waals surface area contributed by atoms with Crippen molar-refractivity contribution in [3.05, 3.63) is 42.0 Å². The molecule has 1 unspecified atom stereocenters. The van der Waals surface area contributed by atoms with Gasteiger partial charge in [-0.2, -0.15) is 0 Å². The number of hydrogen-bond donors (Lipinski definition) is 1. The number of carboxylic acid groups (broad SMARTS) is 1. The van der Waals surface area contributed by atoms with Gasteiger partial charge >= 0.3 is 11.9 Å². The van der Waals surface area contributed by atoms with Gasteiger partial charge in [-0.15, -0.1) is 0 Å². The van der Waals surface area contributed by atoms with Gasteiger partial charge in [-0.3, -0.25) is 9.59 Å². The summed E-state index contributed by atoms with van der Waals surface area (Å²) in [5, 5.41) is 8.93. The summed E-state index contributed by atoms with van der Waals surface area (Å²) in [4.78, 5) is 22.3. The van der Waals surface area contributed by atoms with Gasteiger partial charge in [0.25, 0.3) is 0 Å². The van der Waals surface area contributed by atoms with Crippen LogP contribution in [0.3, 0.4) is 0 Å². The van der Waals surface area contributed by atoms with E-state index in [1.165, 1.54) is 0 Å². The van der Waals surface area contributed by atoms with Crippen molar-refractivity contribution in [3.63, 3.8) is 0 Å². The lowest BCUT2D eigenvalue weighted by Gasteiger charge is -2.08. The van der Waals surface area contributed by atoms with Crippen molar-refractivity contribution in [2.75, 3.05) is 6.61 Å². The minimum Gasteiger partial charge on any atom is -0.481 e. The zero-order valence-electron chi connectivity index (χ0n) is 10.2. The van der Waals surface area contributed by atoms with E-state index >= 15 is 0 Å². The summed E-state index contributed by atoms with van der Waals surface area (Å²) in [6, 6.07) is 9.47. The predicted octanol–water partition coefficient (Wildman–Crippen LogP) is 2.35. The topological polar surface area (TPSA) is 63.6 Å². The van der Waals surface area contributed by atoms with Crippen molar-refractivity contribution in [2.45, 2.75) is 13.3 Å². The molecule has 4 heteroatoms. The first-order valence-electron chi connectivity index (χ1n) is 5.76. The molecule has 0 bridgehead atoms. The Morgan fingerprint density at radius 2 is 2.00 bits per heavy atom. The Morgan fingerprint density at radius 3 is 2.56 bits per heavy atom. The number of rotatable bonds is 6. The molecule has 0 aliphatic heterocycles. The second-order valence-corrected chi connectivity index (χ2v) is 3.69. The van der Waals surface area contributed by atoms with E-state index in [0.29, 0.717) is 0 Å². The first-order chi connectivity index (χ1) is 8.65. The molecule has 0 aliphatic carbocycles. The van der Waals surface area contributed by atoms with E-state index in [1.54, 1.807) is 19.1 Å². The Morgan fingerprint density at radius 1 is 1.33 bits per heavy atom. The zero-order chi connectivity index (χ0) is 13.4. The van der Waals surface area contributed by atoms with E-state index < -0.39 is 17.9 Å². The summed E-state index contributed by atoms with van der Waals surface area (Å²) in [5.41, 5.74) is 0.963. The van der Waals surface area contributed by atoms with Gasteiger partial charge in [-0.1, -0.05) is 42.5 Å². The third-order valence-corrected chi connectivity index (χ3v) is 2.35. The highest BCUT2D eigenvalue weighted by molar-refractivity contribution is 5.94. The van der Waals surface area contributed by atoms with Crippen molar-refractivity contribution in [1.82, 2.24) is 0 Å². The number of ether oxygens (including phenoxy) is 1. The summed E-state index contributed by atoms with van der Waals surface area (Å²) >= 11 is 0. The molecule has 0 heterocycles. The molecule has 0 saturated heterocycles. The molecule has 0 spiro atoms. The highest BCUT2D eigenvalue weighted by atomic mass is 16.5. The Kier molecular flexibility index (Phi) is 5.64. The van der Waals surface area contributed by atoms with E-state index in [1.807, 2.05) is 30.3 Å². The molecule has 1 aromatic rings. The van der Waals surface area contributed by atoms with E-state index in [0.717, 1.165) is 5.56 Å². The molecule has 0 radical (unpaired) electrons. The molecule has 0 aliphatic rings. The molecular formula is C14H16O4. The average Bonchev–Trinajstić information content (AvgIpc) is 2.35. The smallest absolute Gasteiger partial charge is 0.320 e. The Labute approximate surface area is 106 Å². The number of carboxylic acids is 1. The molecule has 96 valence electrons. The molecule has 18 heavy (non-hydrogen) atoms. The molecule has 1 aromatic carbocycles. The zero-order valence-corrected chi connectivity index (χ0v) is 10.2. The predicted molar refractivity (Wildman–Crippen MR) is 67.9 cm³/mol. The van der Waals surface area contributed by atoms with Crippen LogP contribution in [0.5, 0.6) is 0 Å². The number of esters is 1. The van der Waals surface area contributed by atoms with Crippen LogP contribution in [-0.4, -0.2) is 23.7 Å². The fourth-order valence-corrected chi connectivity index (χ4v) is 1.45. The molecule has 4 nitrogen and oxygen atoms in total. The fourth-order valence-electron chi connectivity index (χ4n) is 1.45. The van der Waals surface area contributed by atoms with E-state index in [4.69, 9.17) is 9.84 Å². The van der Waals surface area contributed by atoms with Crippen LogP contribution in [-0.2, 0) is 14.3 Å². The van der Waals surface area contributed by atoms with Crippen LogP contribution in [0.1, 0.15) is 18.9 Å². The monoisotopic (exact) mass is 248 g/mol. The fraction of sp³-hybridized carbons (Fsp3) is 0.286. The highest BCUT2D eigenvalue weighted by Crippen LogP contribution is 2.10. The van der Waals surface area contributed by atoms with Crippen LogP contribution in [0.4, 0.5) is 0 Å². The normalized spacial score (nSPS) is 12.3. The first-order valence-corrected chi connectivity index (χ1v) is 5.76. The van der Waals surface area contributed by atoms with Crippen LogP contribution in [0.25, 0.3) is 6.08 Å². The van der Waals surface area contributed by atoms with Crippen LogP contribution >= 0.6 is 0 Å². The van der Waals surface area contributed by atoms with Crippen molar-refractivity contribution < 1.29 is 19.4 Å². The second kappa shape index (κ2) is 7.27. The second-order valence-electron chi connectivity index (χ2n) is 3.69. The number of benzene rings is 1. The van der Waals surface area contributed by atoms with Gasteiger partial charge < -0.3 is 9.84 Å². The Hall–Kier alpha value is -2.10. The molecular weight excluding hydrogens is 232 g/mol. The molecule has 1 atom stereocenters. The van der Waals surface area contributed by atoms with E-state index in [-0.39, 0.29) is 13.0 Å². The summed E-state index contributed by atoms with van der Waals surface area (Å²) in [6.45, 7) is 1.83. The van der Waals surface area contributed by atoms with Gasteiger partial charge in [0.15, 0.2) is 5.92 Å². The average molecular weight is 248 g/mol. The minimum absolute atomic E-state index is 0.128. The summed E-state index contributed by atoms with van der Waals surface area (Å²) in [6.07, 6.45) is 3.59. The van der Waals surface area contributed by atoms with Gasteiger partial charge in [0.2, 0.25) is 0 Å². The molecule has 0 aromatic heterocycles. The largest absolute Gasteiger partial charge is 0.481 e. The molecule has 1 N–H and O–H groups in total. The third-order valence-electron chi connectivity index (χ3n) is 2.35. The van der Waals surface area contributed by atoms with Crippen LogP contribution in [0, 0.1) is 5.92 Å². The van der Waals surface area contributed by atoms with Gasteiger partial charge in [-0.05, 0) is 18.9 Å². The summed E-state index contributed by atoms with van der Waals surface area (Å²) < 4.78 is 4.71. The lowest BCUT2D eigenvalue weighted by molar-refractivity contribution is -0.158. The Bertz CT molecular complexity index is 423. The lowest BCUT2D eigenvalue weighted by atomic mass is 10.1. The number of carbonyl (C=O) groups excluding carboxylic acids is 1. The van der Waals surface area contributed by atoms with Gasteiger partial charge in [0.1, 0.15) is 0 Å². The van der Waals surface area contributed by atoms with Crippen molar-refractivity contribution >= 4 is 18.0 Å². The van der Waals surface area contributed by atoms with Crippen LogP contribution in [0.2, 0.25) is 0 Å². The lowest BCUT2D eigenvalue weighted by Crippen LogP contribution is -2.25. The van der Waals surface area contributed by atoms with Crippen molar-refractivity contribution in [1.29, 1.82) is 0 Å². The molecule has 1 rings (SSSR count). The van der Waals surface area contributed by atoms with E-state index in [9.17, 15) is 9.59 Å². The van der Waals surface area contributed by atoms with Gasteiger partial charge in [0, 0.05) is 0 Å². The van der Waals surface area contributed by atoms with Gasteiger partial charge in [-0.25, -0.2) is 0 Å². The number of aliphatic carboxylic acids is 1. The summed E-state index contributed by atoms with van der Waals surface area (Å²) in [5.74, 6) is -2.99. The number of carbonyl (C=O) groups is 2. The maximum absolute atomic E-state index is 11.4. The highest BCUT2D eigenvalue weighted by Gasteiger charge is 2.25. The van der Waals surface area contributed by atoms with Crippen molar-refractivity contribution in [3.8, 4) is 0 Å². The van der Waals surface area contributed by atoms with Crippen LogP contribution < -0.4 is 0 Å². The molecule has 0 fully saturated rings. The third kappa shape index (κ3) is 4.41. The number of allylic oxidation sites excluding steroid dienone is 1. The SMILES string of the molecule is CCOC(=O)C(C/C=C/c1ccccc1)C(=O)O. The quantitative estimate of drug-likeness (QED) is 0.620. The van der Waals surface area contributed by atoms with E-state index in [2.05, 4.69) is 0 Å².